The fourth-order valence-electron chi connectivity index (χ4n) is 3.68. The summed E-state index contributed by atoms with van der Waals surface area (Å²) >= 11 is 0. The van der Waals surface area contributed by atoms with E-state index in [9.17, 15) is 0 Å². The van der Waals surface area contributed by atoms with Gasteiger partial charge in [0.1, 0.15) is 5.82 Å². The van der Waals surface area contributed by atoms with Gasteiger partial charge in [0.15, 0.2) is 5.96 Å². The predicted octanol–water partition coefficient (Wildman–Crippen LogP) is 2.63. The van der Waals surface area contributed by atoms with Crippen molar-refractivity contribution in [3.63, 3.8) is 0 Å². The lowest BCUT2D eigenvalue weighted by Gasteiger charge is -2.36. The van der Waals surface area contributed by atoms with Crippen LogP contribution in [-0.2, 0) is 24.9 Å². The van der Waals surface area contributed by atoms with Crippen LogP contribution in [0, 0.1) is 0 Å². The molecule has 0 saturated carbocycles. The molecule has 1 N–H and O–H groups in total. The number of pyridine rings is 1. The maximum Gasteiger partial charge on any atom is 0.194 e. The molecule has 7 nitrogen and oxygen atoms in total. The summed E-state index contributed by atoms with van der Waals surface area (Å²) in [7, 11) is 4.13. The van der Waals surface area contributed by atoms with Gasteiger partial charge in [0, 0.05) is 51.8 Å². The molecule has 158 valence electrons. The van der Waals surface area contributed by atoms with E-state index in [0.29, 0.717) is 6.54 Å². The van der Waals surface area contributed by atoms with Crippen molar-refractivity contribution in [3.8, 4) is 0 Å². The molecule has 0 radical (unpaired) electrons. The first kappa shape index (κ1) is 21.2. The van der Waals surface area contributed by atoms with Crippen LogP contribution in [0.15, 0.2) is 41.7 Å². The van der Waals surface area contributed by atoms with Crippen molar-refractivity contribution in [1.82, 2.24) is 19.8 Å². The summed E-state index contributed by atoms with van der Waals surface area (Å²) in [5.74, 6) is 1.90. The van der Waals surface area contributed by atoms with Crippen molar-refractivity contribution in [2.24, 2.45) is 12.0 Å². The van der Waals surface area contributed by atoms with Gasteiger partial charge in [-0.25, -0.2) is 9.98 Å². The number of hydrogen-bond donors (Lipinski definition) is 1. The average molecular weight is 399 g/mol. The Morgan fingerprint density at radius 1 is 1.28 bits per heavy atom. The molecule has 1 saturated heterocycles. The third kappa shape index (κ3) is 5.73. The first-order valence-electron chi connectivity index (χ1n) is 10.4. The van der Waals surface area contributed by atoms with Crippen LogP contribution in [0.25, 0.3) is 0 Å². The summed E-state index contributed by atoms with van der Waals surface area (Å²) in [4.78, 5) is 13.9. The number of ether oxygens (including phenoxy) is 1. The van der Waals surface area contributed by atoms with Crippen molar-refractivity contribution in [2.45, 2.75) is 46.1 Å². The Balaban J connectivity index is 1.63. The van der Waals surface area contributed by atoms with Gasteiger partial charge in [-0.1, -0.05) is 6.07 Å². The fourth-order valence-corrected chi connectivity index (χ4v) is 3.68. The van der Waals surface area contributed by atoms with Crippen LogP contribution in [0.2, 0.25) is 0 Å². The Hall–Kier alpha value is -2.54. The lowest BCUT2D eigenvalue weighted by atomic mass is 10.2. The molecule has 2 atom stereocenters. The largest absolute Gasteiger partial charge is 0.372 e. The third-order valence-electron chi connectivity index (χ3n) is 5.11. The fraction of sp³-hybridized carbons (Fsp3) is 0.545. The van der Waals surface area contributed by atoms with Crippen LogP contribution < -0.4 is 10.2 Å². The summed E-state index contributed by atoms with van der Waals surface area (Å²) in [5.41, 5.74) is 2.35. The number of nitrogens with zero attached hydrogens (tertiary/aromatic N) is 5. The topological polar surface area (TPSA) is 57.9 Å². The number of morpholine rings is 1. The quantitative estimate of drug-likeness (QED) is 0.599. The maximum absolute atomic E-state index is 5.82. The average Bonchev–Trinajstić information content (AvgIpc) is 3.09. The molecule has 0 amide bonds. The van der Waals surface area contributed by atoms with E-state index in [1.807, 2.05) is 6.20 Å². The van der Waals surface area contributed by atoms with Gasteiger partial charge in [-0.2, -0.15) is 0 Å². The molecular formula is C22H34N6O. The summed E-state index contributed by atoms with van der Waals surface area (Å²) in [5, 5.41) is 3.38. The van der Waals surface area contributed by atoms with Crippen LogP contribution in [0.1, 0.15) is 32.0 Å². The molecule has 0 aliphatic carbocycles. The van der Waals surface area contributed by atoms with E-state index in [1.165, 1.54) is 5.69 Å². The van der Waals surface area contributed by atoms with Gasteiger partial charge in [0.25, 0.3) is 0 Å². The number of hydrogen-bond acceptors (Lipinski definition) is 4. The molecule has 1 fully saturated rings. The number of nitrogens with one attached hydrogen (secondary N) is 1. The van der Waals surface area contributed by atoms with Gasteiger partial charge >= 0.3 is 0 Å². The predicted molar refractivity (Wildman–Crippen MR) is 118 cm³/mol. The van der Waals surface area contributed by atoms with Crippen LogP contribution in [0.3, 0.4) is 0 Å². The summed E-state index contributed by atoms with van der Waals surface area (Å²) in [6.07, 6.45) is 4.46. The molecule has 2 unspecified atom stereocenters. The van der Waals surface area contributed by atoms with Gasteiger partial charge in [-0.3, -0.25) is 0 Å². The lowest BCUT2D eigenvalue weighted by Crippen LogP contribution is -2.45. The molecule has 2 aromatic heterocycles. The zero-order valence-corrected chi connectivity index (χ0v) is 18.3. The van der Waals surface area contributed by atoms with Crippen LogP contribution >= 0.6 is 0 Å². The lowest BCUT2D eigenvalue weighted by molar-refractivity contribution is -0.00545. The van der Waals surface area contributed by atoms with E-state index in [4.69, 9.17) is 9.73 Å². The van der Waals surface area contributed by atoms with Gasteiger partial charge in [0.2, 0.25) is 0 Å². The molecule has 1 aliphatic rings. The number of guanidine groups is 1. The first-order chi connectivity index (χ1) is 14.0. The van der Waals surface area contributed by atoms with Crippen LogP contribution in [0.4, 0.5) is 5.82 Å². The maximum atomic E-state index is 5.82. The summed E-state index contributed by atoms with van der Waals surface area (Å²) < 4.78 is 7.95. The molecule has 0 aromatic carbocycles. The van der Waals surface area contributed by atoms with E-state index in [1.54, 1.807) is 0 Å². The van der Waals surface area contributed by atoms with Crippen molar-refractivity contribution < 1.29 is 4.74 Å². The monoisotopic (exact) mass is 398 g/mol. The third-order valence-corrected chi connectivity index (χ3v) is 5.11. The SMILES string of the molecule is CCNC(=NCc1ccc(N2CC(C)OC(C)C2)nc1)N(C)Cc1cccn1C. The van der Waals surface area contributed by atoms with E-state index in [-0.39, 0.29) is 12.2 Å². The van der Waals surface area contributed by atoms with E-state index >= 15 is 0 Å². The number of aryl methyl sites for hydroxylation is 1. The molecule has 2 aromatic rings. The molecule has 7 heteroatoms. The van der Waals surface area contributed by atoms with Gasteiger partial charge in [0.05, 0.1) is 25.3 Å². The highest BCUT2D eigenvalue weighted by Gasteiger charge is 2.22. The number of aromatic nitrogens is 2. The number of anilines is 1. The molecule has 0 bridgehead atoms. The van der Waals surface area contributed by atoms with Gasteiger partial charge in [-0.05, 0) is 44.5 Å². The highest BCUT2D eigenvalue weighted by Crippen LogP contribution is 2.18. The Bertz CT molecular complexity index is 790. The Morgan fingerprint density at radius 3 is 2.62 bits per heavy atom. The second kappa shape index (κ2) is 9.78. The molecule has 3 rings (SSSR count). The van der Waals surface area contributed by atoms with Gasteiger partial charge in [-0.15, -0.1) is 0 Å². The standard InChI is InChI=1S/C22H34N6O/c1-6-23-22(27(5)16-20-8-7-11-26(20)4)25-13-19-9-10-21(24-12-19)28-14-17(2)29-18(3)15-28/h7-12,17-18H,6,13-16H2,1-5H3,(H,23,25). The van der Waals surface area contributed by atoms with Crippen molar-refractivity contribution in [2.75, 3.05) is 31.6 Å². The smallest absolute Gasteiger partial charge is 0.194 e. The number of rotatable bonds is 6. The summed E-state index contributed by atoms with van der Waals surface area (Å²) in [6.45, 7) is 10.3. The van der Waals surface area contributed by atoms with E-state index < -0.39 is 0 Å². The highest BCUT2D eigenvalue weighted by atomic mass is 16.5. The minimum Gasteiger partial charge on any atom is -0.372 e. The minimum atomic E-state index is 0.229. The Morgan fingerprint density at radius 2 is 2.03 bits per heavy atom. The van der Waals surface area contributed by atoms with E-state index in [0.717, 1.165) is 43.5 Å². The first-order valence-corrected chi connectivity index (χ1v) is 10.4. The highest BCUT2D eigenvalue weighted by molar-refractivity contribution is 5.79. The molecule has 29 heavy (non-hydrogen) atoms. The van der Waals surface area contributed by atoms with Crippen LogP contribution in [-0.4, -0.2) is 59.3 Å². The van der Waals surface area contributed by atoms with Crippen molar-refractivity contribution in [3.05, 3.63) is 47.9 Å². The normalized spacial score (nSPS) is 20.0. The Labute approximate surface area is 174 Å². The summed E-state index contributed by atoms with van der Waals surface area (Å²) in [6, 6.07) is 8.42. The minimum absolute atomic E-state index is 0.229. The van der Waals surface area contributed by atoms with Crippen LogP contribution in [0.5, 0.6) is 0 Å². The number of aliphatic imine (C=N–C) groups is 1. The molecular weight excluding hydrogens is 364 g/mol. The zero-order valence-electron chi connectivity index (χ0n) is 18.3. The second-order valence-corrected chi connectivity index (χ2v) is 7.82. The molecule has 0 spiro atoms. The molecule has 1 aliphatic heterocycles. The zero-order chi connectivity index (χ0) is 20.8. The molecule has 3 heterocycles. The van der Waals surface area contributed by atoms with Crippen molar-refractivity contribution in [1.29, 1.82) is 0 Å². The van der Waals surface area contributed by atoms with Gasteiger partial charge < -0.3 is 24.4 Å². The second-order valence-electron chi connectivity index (χ2n) is 7.82. The van der Waals surface area contributed by atoms with E-state index in [2.05, 4.69) is 90.0 Å². The Kier molecular flexibility index (Phi) is 7.14. The van der Waals surface area contributed by atoms with Crippen molar-refractivity contribution >= 4 is 11.8 Å².